The summed E-state index contributed by atoms with van der Waals surface area (Å²) in [6, 6.07) is 7.17. The average molecular weight is 267 g/mol. The van der Waals surface area contributed by atoms with Gasteiger partial charge in [0.15, 0.2) is 0 Å². The zero-order valence-corrected chi connectivity index (χ0v) is 10.5. The van der Waals surface area contributed by atoms with Gasteiger partial charge in [0.2, 0.25) is 0 Å². The lowest BCUT2D eigenvalue weighted by Crippen LogP contribution is -2.15. The lowest BCUT2D eigenvalue weighted by molar-refractivity contribution is 0.410. The van der Waals surface area contributed by atoms with Crippen molar-refractivity contribution in [2.24, 2.45) is 5.73 Å². The molecule has 0 aliphatic rings. The van der Waals surface area contributed by atoms with Crippen molar-refractivity contribution in [2.45, 2.75) is 6.04 Å². The largest absolute Gasteiger partial charge is 0.497 e. The van der Waals surface area contributed by atoms with Gasteiger partial charge in [0, 0.05) is 17.8 Å². The number of hydrogen-bond donors (Lipinski definition) is 1. The van der Waals surface area contributed by atoms with Crippen LogP contribution in [0.3, 0.4) is 0 Å². The minimum Gasteiger partial charge on any atom is -0.497 e. The van der Waals surface area contributed by atoms with E-state index >= 15 is 0 Å². The Kier molecular flexibility index (Phi) is 3.79. The summed E-state index contributed by atoms with van der Waals surface area (Å²) in [6.45, 7) is 0. The minimum absolute atomic E-state index is 0.330. The van der Waals surface area contributed by atoms with Crippen molar-refractivity contribution in [1.29, 1.82) is 0 Å². The molecule has 0 bridgehead atoms. The summed E-state index contributed by atoms with van der Waals surface area (Å²) in [5.41, 5.74) is 6.76. The van der Waals surface area contributed by atoms with Crippen LogP contribution < -0.4 is 10.5 Å². The molecule has 1 heterocycles. The average Bonchev–Trinajstić information content (AvgIpc) is 2.38. The third kappa shape index (κ3) is 2.44. The summed E-state index contributed by atoms with van der Waals surface area (Å²) in [7, 11) is 1.48. The lowest BCUT2D eigenvalue weighted by atomic mass is 10.0. The zero-order chi connectivity index (χ0) is 13.1. The van der Waals surface area contributed by atoms with Crippen LogP contribution in [0, 0.1) is 5.82 Å². The van der Waals surface area contributed by atoms with Crippen molar-refractivity contribution in [3.05, 3.63) is 58.6 Å². The van der Waals surface area contributed by atoms with E-state index in [1.54, 1.807) is 30.5 Å². The number of methoxy groups -OCH3 is 1. The first-order valence-electron chi connectivity index (χ1n) is 5.33. The molecule has 94 valence electrons. The zero-order valence-electron chi connectivity index (χ0n) is 9.73. The number of aromatic nitrogens is 1. The van der Waals surface area contributed by atoms with Crippen molar-refractivity contribution >= 4 is 11.6 Å². The van der Waals surface area contributed by atoms with Crippen LogP contribution in [0.15, 0.2) is 36.5 Å². The topological polar surface area (TPSA) is 48.1 Å². The highest BCUT2D eigenvalue weighted by atomic mass is 35.5. The molecule has 0 fully saturated rings. The third-order valence-corrected chi connectivity index (χ3v) is 2.94. The maximum absolute atomic E-state index is 13.9. The van der Waals surface area contributed by atoms with E-state index in [0.29, 0.717) is 22.0 Å². The normalized spacial score (nSPS) is 12.2. The van der Waals surface area contributed by atoms with Gasteiger partial charge in [0.25, 0.3) is 0 Å². The second kappa shape index (κ2) is 5.33. The number of halogens is 2. The van der Waals surface area contributed by atoms with E-state index in [0.717, 1.165) is 0 Å². The summed E-state index contributed by atoms with van der Waals surface area (Å²) in [5, 5.41) is 0.417. The van der Waals surface area contributed by atoms with Crippen LogP contribution in [0.4, 0.5) is 4.39 Å². The highest BCUT2D eigenvalue weighted by molar-refractivity contribution is 6.31. The fourth-order valence-corrected chi connectivity index (χ4v) is 1.90. The molecule has 0 spiro atoms. The summed E-state index contributed by atoms with van der Waals surface area (Å²) in [4.78, 5) is 4.08. The molecule has 0 saturated heterocycles. The maximum atomic E-state index is 13.9. The molecule has 1 aromatic heterocycles. The summed E-state index contributed by atoms with van der Waals surface area (Å²) < 4.78 is 18.8. The van der Waals surface area contributed by atoms with E-state index < -0.39 is 11.9 Å². The van der Waals surface area contributed by atoms with Crippen LogP contribution in [0.5, 0.6) is 5.75 Å². The molecule has 0 saturated carbocycles. The fourth-order valence-electron chi connectivity index (χ4n) is 1.66. The van der Waals surface area contributed by atoms with E-state index in [-0.39, 0.29) is 0 Å². The molecule has 18 heavy (non-hydrogen) atoms. The summed E-state index contributed by atoms with van der Waals surface area (Å²) in [6.07, 6.45) is 1.57. The highest BCUT2D eigenvalue weighted by Crippen LogP contribution is 2.27. The molecule has 2 rings (SSSR count). The number of pyridine rings is 1. The van der Waals surface area contributed by atoms with Gasteiger partial charge in [-0.25, -0.2) is 4.39 Å². The first-order valence-corrected chi connectivity index (χ1v) is 5.70. The molecule has 2 N–H and O–H groups in total. The van der Waals surface area contributed by atoms with Gasteiger partial charge < -0.3 is 10.5 Å². The monoisotopic (exact) mass is 266 g/mol. The second-order valence-corrected chi connectivity index (χ2v) is 4.14. The highest BCUT2D eigenvalue weighted by Gasteiger charge is 2.17. The number of nitrogens with zero attached hydrogens (tertiary/aromatic N) is 1. The van der Waals surface area contributed by atoms with Crippen LogP contribution in [0.1, 0.15) is 17.3 Å². The Bertz CT molecular complexity index is 562. The Morgan fingerprint density at radius 1 is 1.39 bits per heavy atom. The maximum Gasteiger partial charge on any atom is 0.132 e. The number of ether oxygens (including phenoxy) is 1. The second-order valence-electron chi connectivity index (χ2n) is 3.74. The Balaban J connectivity index is 2.40. The van der Waals surface area contributed by atoms with Crippen LogP contribution in [0.25, 0.3) is 0 Å². The van der Waals surface area contributed by atoms with Gasteiger partial charge in [0.1, 0.15) is 11.6 Å². The Labute approximate surface area is 109 Å². The van der Waals surface area contributed by atoms with Crippen LogP contribution in [-0.2, 0) is 0 Å². The first kappa shape index (κ1) is 12.8. The lowest BCUT2D eigenvalue weighted by Gasteiger charge is -2.14. The number of hydrogen-bond acceptors (Lipinski definition) is 3. The van der Waals surface area contributed by atoms with E-state index in [2.05, 4.69) is 4.98 Å². The molecular weight excluding hydrogens is 255 g/mol. The summed E-state index contributed by atoms with van der Waals surface area (Å²) >= 11 is 5.99. The Morgan fingerprint density at radius 3 is 2.78 bits per heavy atom. The molecule has 1 unspecified atom stereocenters. The molecule has 1 atom stereocenters. The quantitative estimate of drug-likeness (QED) is 0.929. The number of rotatable bonds is 3. The third-order valence-electron chi connectivity index (χ3n) is 2.62. The molecule has 2 aromatic rings. The summed E-state index contributed by atoms with van der Waals surface area (Å²) in [5.74, 6) is -0.000799. The Hall–Kier alpha value is -1.65. The van der Waals surface area contributed by atoms with E-state index in [1.807, 2.05) is 0 Å². The van der Waals surface area contributed by atoms with E-state index in [1.165, 1.54) is 13.2 Å². The van der Waals surface area contributed by atoms with Crippen LogP contribution in [0.2, 0.25) is 5.02 Å². The SMILES string of the molecule is COc1ccc(C(N)c2ncccc2Cl)c(F)c1. The predicted molar refractivity (Wildman–Crippen MR) is 68.2 cm³/mol. The Morgan fingerprint density at radius 2 is 2.17 bits per heavy atom. The standard InChI is InChI=1S/C13H12ClFN2O/c1-18-8-4-5-9(11(15)7-8)12(16)13-10(14)3-2-6-17-13/h2-7,12H,16H2,1H3. The molecule has 1 aromatic carbocycles. The van der Waals surface area contributed by atoms with Crippen molar-refractivity contribution in [3.63, 3.8) is 0 Å². The van der Waals surface area contributed by atoms with Crippen LogP contribution in [-0.4, -0.2) is 12.1 Å². The van der Waals surface area contributed by atoms with E-state index in [9.17, 15) is 4.39 Å². The smallest absolute Gasteiger partial charge is 0.132 e. The van der Waals surface area contributed by atoms with Gasteiger partial charge >= 0.3 is 0 Å². The first-order chi connectivity index (χ1) is 8.63. The minimum atomic E-state index is -0.704. The van der Waals surface area contributed by atoms with Gasteiger partial charge in [-0.2, -0.15) is 0 Å². The molecule has 0 amide bonds. The van der Waals surface area contributed by atoms with Gasteiger partial charge in [-0.05, 0) is 18.2 Å². The molecule has 0 aliphatic carbocycles. The van der Waals surface area contributed by atoms with Gasteiger partial charge in [0.05, 0.1) is 23.9 Å². The molecule has 3 nitrogen and oxygen atoms in total. The molecule has 5 heteroatoms. The van der Waals surface area contributed by atoms with Gasteiger partial charge in [-0.1, -0.05) is 17.7 Å². The van der Waals surface area contributed by atoms with Gasteiger partial charge in [-0.3, -0.25) is 4.98 Å². The predicted octanol–water partition coefficient (Wildman–Crippen LogP) is 2.93. The fraction of sp³-hybridized carbons (Fsp3) is 0.154. The van der Waals surface area contributed by atoms with Gasteiger partial charge in [-0.15, -0.1) is 0 Å². The van der Waals surface area contributed by atoms with Crippen molar-refractivity contribution < 1.29 is 9.13 Å². The molecule has 0 aliphatic heterocycles. The van der Waals surface area contributed by atoms with Crippen LogP contribution >= 0.6 is 11.6 Å². The van der Waals surface area contributed by atoms with E-state index in [4.69, 9.17) is 22.1 Å². The molecular formula is C13H12ClFN2O. The number of benzene rings is 1. The van der Waals surface area contributed by atoms with Crippen molar-refractivity contribution in [3.8, 4) is 5.75 Å². The molecule has 0 radical (unpaired) electrons. The van der Waals surface area contributed by atoms with Crippen molar-refractivity contribution in [2.75, 3.05) is 7.11 Å². The van der Waals surface area contributed by atoms with Crippen molar-refractivity contribution in [1.82, 2.24) is 4.98 Å². The number of nitrogens with two attached hydrogens (primary N) is 1.